The van der Waals surface area contributed by atoms with Crippen molar-refractivity contribution >= 4 is 6.03 Å². The van der Waals surface area contributed by atoms with Crippen molar-refractivity contribution in [3.05, 3.63) is 65.4 Å². The van der Waals surface area contributed by atoms with Crippen LogP contribution in [0.2, 0.25) is 0 Å². The fourth-order valence-electron chi connectivity index (χ4n) is 3.31. The highest BCUT2D eigenvalue weighted by molar-refractivity contribution is 5.74. The molecule has 2 aromatic rings. The molecule has 5 nitrogen and oxygen atoms in total. The fourth-order valence-corrected chi connectivity index (χ4v) is 3.31. The number of nitrogens with one attached hydrogen (secondary N) is 1. The minimum atomic E-state index is -3.60. The normalized spacial score (nSPS) is 22.8. The highest BCUT2D eigenvalue weighted by Crippen LogP contribution is 2.19. The Morgan fingerprint density at radius 1 is 1.29 bits per heavy atom. The van der Waals surface area contributed by atoms with Gasteiger partial charge in [0.25, 0.3) is 0 Å². The molecule has 0 saturated carbocycles. The van der Waals surface area contributed by atoms with Crippen molar-refractivity contribution in [3.8, 4) is 5.75 Å². The lowest BCUT2D eigenvalue weighted by Crippen LogP contribution is -2.49. The largest absolute Gasteiger partial charge is 0.493 e. The first-order valence-electron chi connectivity index (χ1n) is 16.4. The maximum Gasteiger partial charge on any atom is 0.318 e. The number of hydrogen-bond acceptors (Lipinski definition) is 3. The van der Waals surface area contributed by atoms with E-state index in [1.807, 2.05) is 7.05 Å². The second-order valence-corrected chi connectivity index (χ2v) is 7.34. The monoisotopic (exact) mass is 440 g/mol. The summed E-state index contributed by atoms with van der Waals surface area (Å²) >= 11 is 0. The third kappa shape index (κ3) is 7.24. The number of ether oxygens (including phenoxy) is 1. The van der Waals surface area contributed by atoms with Crippen molar-refractivity contribution in [2.45, 2.75) is 45.7 Å². The van der Waals surface area contributed by atoms with Crippen LogP contribution < -0.4 is 10.1 Å². The first-order chi connectivity index (χ1) is 20.1. The molecular weight excluding hydrogens is 393 g/mol. The van der Waals surface area contributed by atoms with E-state index in [4.69, 9.17) is 22.6 Å². The molecule has 3 rings (SSSR count). The van der Waals surface area contributed by atoms with Crippen molar-refractivity contribution in [1.82, 2.24) is 15.1 Å². The zero-order valence-corrected chi connectivity index (χ0v) is 17.2. The van der Waals surface area contributed by atoms with Gasteiger partial charge in [0.15, 0.2) is 0 Å². The zero-order valence-electron chi connectivity index (χ0n) is 30.2. The van der Waals surface area contributed by atoms with Gasteiger partial charge in [-0.3, -0.25) is 0 Å². The molecule has 0 spiro atoms. The van der Waals surface area contributed by atoms with Crippen LogP contribution in [0.5, 0.6) is 5.75 Å². The minimum Gasteiger partial charge on any atom is -0.493 e. The van der Waals surface area contributed by atoms with Crippen molar-refractivity contribution in [1.29, 1.82) is 0 Å². The summed E-state index contributed by atoms with van der Waals surface area (Å²) in [7, 11) is 1.93. The van der Waals surface area contributed by atoms with E-state index in [-0.39, 0.29) is 30.4 Å². The Kier molecular flexibility index (Phi) is 4.07. The molecule has 1 fully saturated rings. The lowest BCUT2D eigenvalue weighted by molar-refractivity contribution is 0.127. The molecule has 168 valence electrons. The molecule has 1 N–H and O–H groups in total. The maximum atomic E-state index is 14.1. The Morgan fingerprint density at radius 3 is 2.61 bits per heavy atom. The first-order valence-corrected chi connectivity index (χ1v) is 9.88. The SMILES string of the molecule is [2H]c1c([2H])c(CN(C(=O)NCc2ccc(OC([2H])([2H])C([2H])(C([2H])([2H])[2H])C([2H])([2H])[2H])cc2)C2CCN(C)CC2)c([2H])c([2H])c1F. The van der Waals surface area contributed by atoms with E-state index in [1.165, 1.54) is 29.2 Å². The Bertz CT molecular complexity index is 1300. The smallest absolute Gasteiger partial charge is 0.318 e. The number of nitrogens with zero attached hydrogens (tertiary/aromatic N) is 2. The molecule has 2 amide bonds. The number of rotatable bonds is 8. The molecule has 6 heteroatoms. The molecule has 1 aliphatic heterocycles. The number of likely N-dealkylation sites (tertiary alicyclic amines) is 1. The summed E-state index contributed by atoms with van der Waals surface area (Å²) in [6, 6.07) is 1.64. The number of carbonyl (C=O) groups is 1. The Balaban J connectivity index is 1.79. The Hall–Kier alpha value is -2.60. The average molecular weight is 441 g/mol. The first kappa shape index (κ1) is 11.3. The van der Waals surface area contributed by atoms with Gasteiger partial charge in [0.2, 0.25) is 0 Å². The van der Waals surface area contributed by atoms with Crippen molar-refractivity contribution in [3.63, 3.8) is 0 Å². The summed E-state index contributed by atoms with van der Waals surface area (Å²) in [5.74, 6) is -5.12. The van der Waals surface area contributed by atoms with E-state index in [0.29, 0.717) is 31.5 Å². The van der Waals surface area contributed by atoms with Gasteiger partial charge in [-0.05, 0) is 74.2 Å². The van der Waals surface area contributed by atoms with Crippen LogP contribution in [-0.4, -0.2) is 48.6 Å². The average Bonchev–Trinajstić information content (AvgIpc) is 2.93. The van der Waals surface area contributed by atoms with Gasteiger partial charge in [-0.15, -0.1) is 0 Å². The molecule has 2 aromatic carbocycles. The van der Waals surface area contributed by atoms with E-state index in [0.717, 1.165) is 0 Å². The summed E-state index contributed by atoms with van der Waals surface area (Å²) in [6.07, 6.45) is 1.15. The fraction of sp³-hybridized carbons (Fsp3) is 0.480. The quantitative estimate of drug-likeness (QED) is 0.649. The molecule has 0 aliphatic carbocycles. The standard InChI is InChI=1S/C25H34FN3O2/c1-19(2)18-31-24-10-6-20(7-11-24)16-27-25(30)29(23-12-14-28(3)15-13-23)17-21-4-8-22(26)9-5-21/h4-11,19,23H,12-18H2,1-3H3,(H,27,30)/i1D3,2D3,4D,5D,8D,9D,18D2,19D. The van der Waals surface area contributed by atoms with Crippen molar-refractivity contribution in [2.75, 3.05) is 26.7 Å². The highest BCUT2D eigenvalue weighted by atomic mass is 19.1. The van der Waals surface area contributed by atoms with E-state index in [2.05, 4.69) is 10.2 Å². The van der Waals surface area contributed by atoms with Crippen molar-refractivity contribution in [2.24, 2.45) is 5.89 Å². The number of benzene rings is 2. The molecule has 0 unspecified atom stereocenters. The summed E-state index contributed by atoms with van der Waals surface area (Å²) in [6.45, 7) is -9.55. The maximum absolute atomic E-state index is 14.1. The van der Waals surface area contributed by atoms with Gasteiger partial charge < -0.3 is 19.9 Å². The molecular formula is C25H34FN3O2. The third-order valence-corrected chi connectivity index (χ3v) is 5.00. The number of urea groups is 1. The van der Waals surface area contributed by atoms with Crippen LogP contribution in [0.4, 0.5) is 9.18 Å². The van der Waals surface area contributed by atoms with Gasteiger partial charge in [-0.2, -0.15) is 0 Å². The van der Waals surface area contributed by atoms with E-state index in [9.17, 15) is 9.18 Å². The molecule has 1 saturated heterocycles. The molecule has 0 radical (unpaired) electrons. The number of carbonyl (C=O) groups excluding carboxylic acids is 1. The summed E-state index contributed by atoms with van der Waals surface area (Å²) in [5.41, 5.74) is 0.371. The van der Waals surface area contributed by atoms with Gasteiger partial charge in [0.05, 0.1) is 14.8 Å². The Labute approximate surface area is 203 Å². The minimum absolute atomic E-state index is 0.0552. The van der Waals surface area contributed by atoms with Crippen LogP contribution in [0, 0.1) is 11.7 Å². The topological polar surface area (TPSA) is 44.8 Å². The summed E-state index contributed by atoms with van der Waals surface area (Å²) < 4.78 is 120. The van der Waals surface area contributed by atoms with Crippen LogP contribution in [0.15, 0.2) is 48.4 Å². The van der Waals surface area contributed by atoms with E-state index >= 15 is 0 Å². The highest BCUT2D eigenvalue weighted by Gasteiger charge is 2.27. The van der Waals surface area contributed by atoms with Gasteiger partial charge in [-0.1, -0.05) is 37.9 Å². The molecule has 0 atom stereocenters. The van der Waals surface area contributed by atoms with Crippen LogP contribution in [0.25, 0.3) is 0 Å². The number of piperidine rings is 1. The predicted molar refractivity (Wildman–Crippen MR) is 121 cm³/mol. The molecule has 0 bridgehead atoms. The molecule has 0 aromatic heterocycles. The Morgan fingerprint density at radius 2 is 1.97 bits per heavy atom. The van der Waals surface area contributed by atoms with Crippen LogP contribution in [-0.2, 0) is 13.1 Å². The molecule has 1 aliphatic rings. The van der Waals surface area contributed by atoms with E-state index in [1.54, 1.807) is 0 Å². The summed E-state index contributed by atoms with van der Waals surface area (Å²) in [4.78, 5) is 16.9. The number of halogens is 1. The van der Waals surface area contributed by atoms with E-state index < -0.39 is 62.2 Å². The lowest BCUT2D eigenvalue weighted by atomic mass is 10.0. The van der Waals surface area contributed by atoms with Crippen LogP contribution in [0.1, 0.15) is 55.5 Å². The summed E-state index contributed by atoms with van der Waals surface area (Å²) in [5, 5.41) is 2.73. The van der Waals surface area contributed by atoms with Gasteiger partial charge >= 0.3 is 6.03 Å². The van der Waals surface area contributed by atoms with Gasteiger partial charge in [-0.25, -0.2) is 9.18 Å². The zero-order chi connectivity index (χ0) is 33.4. The van der Waals surface area contributed by atoms with Crippen LogP contribution in [0.3, 0.4) is 0 Å². The van der Waals surface area contributed by atoms with Gasteiger partial charge in [0, 0.05) is 28.7 Å². The number of amides is 2. The third-order valence-electron chi connectivity index (χ3n) is 5.00. The van der Waals surface area contributed by atoms with Crippen molar-refractivity contribution < 1.29 is 31.7 Å². The van der Waals surface area contributed by atoms with Gasteiger partial charge in [0.1, 0.15) is 11.6 Å². The second kappa shape index (κ2) is 11.1. The number of hydrogen-bond donors (Lipinski definition) is 1. The second-order valence-electron chi connectivity index (χ2n) is 7.34. The lowest BCUT2D eigenvalue weighted by Gasteiger charge is -2.37. The molecule has 1 heterocycles. The van der Waals surface area contributed by atoms with Crippen LogP contribution >= 0.6 is 0 Å². The predicted octanol–water partition coefficient (Wildman–Crippen LogP) is 4.67. The molecule has 31 heavy (non-hydrogen) atoms.